The summed E-state index contributed by atoms with van der Waals surface area (Å²) in [4.78, 5) is 27.0. The lowest BCUT2D eigenvalue weighted by Gasteiger charge is -2.30. The topological polar surface area (TPSA) is 106 Å². The molecule has 0 fully saturated rings. The summed E-state index contributed by atoms with van der Waals surface area (Å²) in [6, 6.07) is 7.94. The fourth-order valence-electron chi connectivity index (χ4n) is 2.68. The molecular weight excluding hydrogens is 370 g/mol. The van der Waals surface area contributed by atoms with Crippen LogP contribution in [0.2, 0.25) is 0 Å². The number of benzene rings is 1. The summed E-state index contributed by atoms with van der Waals surface area (Å²) >= 11 is 0. The fourth-order valence-corrected chi connectivity index (χ4v) is 4.38. The van der Waals surface area contributed by atoms with Gasteiger partial charge in [-0.2, -0.15) is 4.31 Å². The van der Waals surface area contributed by atoms with Gasteiger partial charge in [-0.3, -0.25) is 9.78 Å². The van der Waals surface area contributed by atoms with Gasteiger partial charge >= 0.3 is 5.91 Å². The van der Waals surface area contributed by atoms with Crippen LogP contribution in [0.25, 0.3) is 0 Å². The van der Waals surface area contributed by atoms with E-state index in [0.717, 1.165) is 4.31 Å². The van der Waals surface area contributed by atoms with E-state index >= 15 is 0 Å². The number of nitroso groups, excluding NO2 is 1. The van der Waals surface area contributed by atoms with Gasteiger partial charge in [-0.15, -0.1) is 4.91 Å². The number of carbonyl (C=O) groups excluding carboxylic acids is 1. The highest BCUT2D eigenvalue weighted by atomic mass is 32.2. The largest absolute Gasteiger partial charge is 0.497 e. The third-order valence-corrected chi connectivity index (χ3v) is 5.85. The Balaban J connectivity index is 2.54. The molecule has 0 radical (unpaired) electrons. The first-order chi connectivity index (χ1) is 12.8. The SMILES string of the molecule is COc1ccc(S(=O)(=O)N(Cc2cccnc2)[C@@H](C(=O)N=O)C(C)C)cc1. The lowest BCUT2D eigenvalue weighted by Crippen LogP contribution is -2.47. The summed E-state index contributed by atoms with van der Waals surface area (Å²) in [6.45, 7) is 3.20. The molecule has 0 saturated heterocycles. The Bertz CT molecular complexity index is 883. The molecular formula is C18H21N3O5S. The number of methoxy groups -OCH3 is 1. The first kappa shape index (κ1) is 20.7. The molecule has 144 valence electrons. The zero-order valence-corrected chi connectivity index (χ0v) is 16.1. The summed E-state index contributed by atoms with van der Waals surface area (Å²) < 4.78 is 32.6. The van der Waals surface area contributed by atoms with Crippen LogP contribution in [-0.4, -0.2) is 36.8 Å². The smallest absolute Gasteiger partial charge is 0.304 e. The summed E-state index contributed by atoms with van der Waals surface area (Å²) in [7, 11) is -2.62. The second-order valence-electron chi connectivity index (χ2n) is 6.21. The minimum atomic E-state index is -4.09. The number of sulfonamides is 1. The second-order valence-corrected chi connectivity index (χ2v) is 8.10. The standard InChI is InChI=1S/C18H21N3O5S/c1-13(2)17(18(22)20-23)21(12-14-5-4-10-19-11-14)27(24,25)16-8-6-15(26-3)7-9-16/h4-11,13,17H,12H2,1-3H3/t17-/m1/s1. The second kappa shape index (κ2) is 8.83. The molecule has 1 heterocycles. The van der Waals surface area contributed by atoms with Gasteiger partial charge in [-0.05, 0) is 41.8 Å². The van der Waals surface area contributed by atoms with Crippen LogP contribution in [0.4, 0.5) is 0 Å². The summed E-state index contributed by atoms with van der Waals surface area (Å²) in [5, 5.41) is 2.48. The molecule has 2 aromatic rings. The molecule has 1 atom stereocenters. The Morgan fingerprint density at radius 1 is 1.22 bits per heavy atom. The lowest BCUT2D eigenvalue weighted by molar-refractivity contribution is -0.123. The molecule has 9 heteroatoms. The molecule has 0 aliphatic carbocycles. The van der Waals surface area contributed by atoms with Crippen molar-refractivity contribution in [1.82, 2.24) is 9.29 Å². The van der Waals surface area contributed by atoms with Crippen molar-refractivity contribution in [3.8, 4) is 5.75 Å². The van der Waals surface area contributed by atoms with E-state index in [4.69, 9.17) is 4.74 Å². The Morgan fingerprint density at radius 3 is 2.37 bits per heavy atom. The van der Waals surface area contributed by atoms with Gasteiger partial charge in [-0.1, -0.05) is 19.9 Å². The molecule has 8 nitrogen and oxygen atoms in total. The zero-order chi connectivity index (χ0) is 20.0. The maximum atomic E-state index is 13.3. The summed E-state index contributed by atoms with van der Waals surface area (Å²) in [5.74, 6) is -0.996. The molecule has 0 aliphatic heterocycles. The molecule has 2 rings (SSSR count). The highest BCUT2D eigenvalue weighted by Crippen LogP contribution is 2.26. The molecule has 0 saturated carbocycles. The number of hydrogen-bond acceptors (Lipinski definition) is 6. The quantitative estimate of drug-likeness (QED) is 0.640. The predicted octanol–water partition coefficient (Wildman–Crippen LogP) is 2.60. The minimum absolute atomic E-state index is 0.0171. The Labute approximate surface area is 158 Å². The molecule has 0 bridgehead atoms. The van der Waals surface area contributed by atoms with Crippen molar-refractivity contribution in [2.45, 2.75) is 31.3 Å². The molecule has 0 spiro atoms. The summed E-state index contributed by atoms with van der Waals surface area (Å²) in [6.07, 6.45) is 3.07. The van der Waals surface area contributed by atoms with Gasteiger partial charge in [0.15, 0.2) is 0 Å². The van der Waals surface area contributed by atoms with Crippen molar-refractivity contribution in [1.29, 1.82) is 0 Å². The average molecular weight is 391 g/mol. The van der Waals surface area contributed by atoms with Crippen molar-refractivity contribution in [3.05, 3.63) is 59.3 Å². The van der Waals surface area contributed by atoms with E-state index in [-0.39, 0.29) is 11.4 Å². The highest BCUT2D eigenvalue weighted by Gasteiger charge is 2.38. The van der Waals surface area contributed by atoms with Gasteiger partial charge in [0.1, 0.15) is 11.8 Å². The van der Waals surface area contributed by atoms with Crippen LogP contribution in [0, 0.1) is 10.8 Å². The lowest BCUT2D eigenvalue weighted by atomic mass is 10.0. The van der Waals surface area contributed by atoms with E-state index in [1.165, 1.54) is 37.6 Å². The van der Waals surface area contributed by atoms with E-state index in [1.54, 1.807) is 32.2 Å². The van der Waals surface area contributed by atoms with Gasteiger partial charge in [0.2, 0.25) is 10.0 Å². The van der Waals surface area contributed by atoms with Crippen LogP contribution in [0.3, 0.4) is 0 Å². The van der Waals surface area contributed by atoms with Crippen molar-refractivity contribution in [3.63, 3.8) is 0 Å². The molecule has 1 aromatic carbocycles. The van der Waals surface area contributed by atoms with Crippen molar-refractivity contribution in [2.75, 3.05) is 7.11 Å². The number of pyridine rings is 1. The number of rotatable bonds is 8. The van der Waals surface area contributed by atoms with Crippen LogP contribution in [0.5, 0.6) is 5.75 Å². The molecule has 0 N–H and O–H groups in total. The number of amides is 1. The maximum absolute atomic E-state index is 13.3. The molecule has 27 heavy (non-hydrogen) atoms. The van der Waals surface area contributed by atoms with Crippen molar-refractivity contribution < 1.29 is 17.9 Å². The predicted molar refractivity (Wildman–Crippen MR) is 99.4 cm³/mol. The maximum Gasteiger partial charge on any atom is 0.304 e. The third-order valence-electron chi connectivity index (χ3n) is 4.01. The van der Waals surface area contributed by atoms with E-state index in [1.807, 2.05) is 0 Å². The van der Waals surface area contributed by atoms with E-state index in [2.05, 4.69) is 10.2 Å². The number of ether oxygens (including phenoxy) is 1. The van der Waals surface area contributed by atoms with Gasteiger partial charge in [0, 0.05) is 24.1 Å². The van der Waals surface area contributed by atoms with Gasteiger partial charge in [-0.25, -0.2) is 8.42 Å². The molecule has 1 aromatic heterocycles. The number of hydrogen-bond donors (Lipinski definition) is 0. The van der Waals surface area contributed by atoms with Crippen LogP contribution in [0.15, 0.2) is 58.9 Å². The summed E-state index contributed by atoms with van der Waals surface area (Å²) in [5.41, 5.74) is 0.582. The highest BCUT2D eigenvalue weighted by molar-refractivity contribution is 7.89. The third kappa shape index (κ3) is 4.75. The number of carbonyl (C=O) groups is 1. The van der Waals surface area contributed by atoms with Crippen LogP contribution >= 0.6 is 0 Å². The first-order valence-corrected chi connectivity index (χ1v) is 9.67. The number of aromatic nitrogens is 1. The molecule has 0 aliphatic rings. The van der Waals surface area contributed by atoms with Crippen LogP contribution in [0.1, 0.15) is 19.4 Å². The van der Waals surface area contributed by atoms with Crippen LogP contribution < -0.4 is 4.74 Å². The normalized spacial score (nSPS) is 12.8. The molecule has 0 unspecified atom stereocenters. The van der Waals surface area contributed by atoms with E-state index in [9.17, 15) is 18.1 Å². The average Bonchev–Trinajstić information content (AvgIpc) is 2.67. The van der Waals surface area contributed by atoms with Gasteiger partial charge in [0.05, 0.1) is 12.0 Å². The first-order valence-electron chi connectivity index (χ1n) is 8.23. The zero-order valence-electron chi connectivity index (χ0n) is 15.3. The fraction of sp³-hybridized carbons (Fsp3) is 0.333. The van der Waals surface area contributed by atoms with E-state index < -0.39 is 27.9 Å². The van der Waals surface area contributed by atoms with E-state index in [0.29, 0.717) is 11.3 Å². The minimum Gasteiger partial charge on any atom is -0.497 e. The Hall–Kier alpha value is -2.65. The Kier molecular flexibility index (Phi) is 6.75. The van der Waals surface area contributed by atoms with Crippen molar-refractivity contribution in [2.24, 2.45) is 11.1 Å². The van der Waals surface area contributed by atoms with Crippen molar-refractivity contribution >= 4 is 15.9 Å². The Morgan fingerprint density at radius 2 is 1.89 bits per heavy atom. The molecule has 1 amide bonds. The van der Waals surface area contributed by atoms with Gasteiger partial charge < -0.3 is 4.74 Å². The van der Waals surface area contributed by atoms with Gasteiger partial charge in [0.25, 0.3) is 0 Å². The van der Waals surface area contributed by atoms with Crippen LogP contribution in [-0.2, 0) is 21.4 Å². The number of nitrogens with zero attached hydrogens (tertiary/aromatic N) is 3. The monoisotopic (exact) mass is 391 g/mol.